The molecule has 1 amide bonds. The monoisotopic (exact) mass is 321 g/mol. The maximum absolute atomic E-state index is 13.1. The van der Waals surface area contributed by atoms with Crippen molar-refractivity contribution in [2.24, 2.45) is 0 Å². The molecule has 1 unspecified atom stereocenters. The Labute approximate surface area is 139 Å². The summed E-state index contributed by atoms with van der Waals surface area (Å²) in [7, 11) is 0. The van der Waals surface area contributed by atoms with Gasteiger partial charge in [-0.25, -0.2) is 4.39 Å². The SMILES string of the molecule is O=C(c1ccc2nccnc2c1)N1CCC(c2ccc(F)cc2)C1. The highest BCUT2D eigenvalue weighted by atomic mass is 19.1. The highest BCUT2D eigenvalue weighted by Gasteiger charge is 2.28. The molecule has 1 saturated heterocycles. The summed E-state index contributed by atoms with van der Waals surface area (Å²) in [6.45, 7) is 1.36. The third-order valence-electron chi connectivity index (χ3n) is 4.53. The van der Waals surface area contributed by atoms with Gasteiger partial charge in [0, 0.05) is 37.0 Å². The second-order valence-corrected chi connectivity index (χ2v) is 6.05. The standard InChI is InChI=1S/C19H16FN3O/c20-16-4-1-13(2-5-16)15-7-10-23(12-15)19(24)14-3-6-17-18(11-14)22-9-8-21-17/h1-6,8-9,11,15H,7,10,12H2. The molecule has 0 saturated carbocycles. The van der Waals surface area contributed by atoms with Crippen LogP contribution in [0.25, 0.3) is 11.0 Å². The maximum Gasteiger partial charge on any atom is 0.253 e. The van der Waals surface area contributed by atoms with E-state index in [0.717, 1.165) is 23.0 Å². The third-order valence-corrected chi connectivity index (χ3v) is 4.53. The Hall–Kier alpha value is -2.82. The van der Waals surface area contributed by atoms with Crippen LogP contribution in [0.3, 0.4) is 0 Å². The Bertz CT molecular complexity index is 895. The first-order valence-electron chi connectivity index (χ1n) is 7.96. The van der Waals surface area contributed by atoms with Crippen LogP contribution in [0.1, 0.15) is 28.3 Å². The summed E-state index contributed by atoms with van der Waals surface area (Å²) in [5.41, 5.74) is 3.20. The van der Waals surface area contributed by atoms with Crippen molar-refractivity contribution in [3.63, 3.8) is 0 Å². The fourth-order valence-electron chi connectivity index (χ4n) is 3.23. The van der Waals surface area contributed by atoms with Gasteiger partial charge in [-0.1, -0.05) is 12.1 Å². The quantitative estimate of drug-likeness (QED) is 0.727. The van der Waals surface area contributed by atoms with Crippen LogP contribution < -0.4 is 0 Å². The Balaban J connectivity index is 1.53. The Morgan fingerprint density at radius 1 is 1.04 bits per heavy atom. The predicted molar refractivity (Wildman–Crippen MR) is 89.2 cm³/mol. The molecule has 2 aromatic carbocycles. The van der Waals surface area contributed by atoms with Crippen molar-refractivity contribution in [1.29, 1.82) is 0 Å². The van der Waals surface area contributed by atoms with Crippen LogP contribution in [0.4, 0.5) is 4.39 Å². The lowest BCUT2D eigenvalue weighted by Crippen LogP contribution is -2.28. The van der Waals surface area contributed by atoms with Gasteiger partial charge in [0.15, 0.2) is 0 Å². The van der Waals surface area contributed by atoms with Crippen LogP contribution in [0, 0.1) is 5.82 Å². The molecule has 0 bridgehead atoms. The number of amides is 1. The van der Waals surface area contributed by atoms with Gasteiger partial charge in [0.25, 0.3) is 5.91 Å². The zero-order chi connectivity index (χ0) is 16.5. The molecule has 120 valence electrons. The third kappa shape index (κ3) is 2.73. The molecule has 0 N–H and O–H groups in total. The van der Waals surface area contributed by atoms with E-state index in [2.05, 4.69) is 9.97 Å². The topological polar surface area (TPSA) is 46.1 Å². The molecule has 0 aliphatic carbocycles. The minimum atomic E-state index is -0.234. The minimum absolute atomic E-state index is 0.00663. The van der Waals surface area contributed by atoms with Crippen LogP contribution in [0.5, 0.6) is 0 Å². The number of hydrogen-bond acceptors (Lipinski definition) is 3. The van der Waals surface area contributed by atoms with Crippen LogP contribution >= 0.6 is 0 Å². The predicted octanol–water partition coefficient (Wildman–Crippen LogP) is 3.40. The summed E-state index contributed by atoms with van der Waals surface area (Å²) in [5, 5.41) is 0. The molecule has 1 aliphatic heterocycles. The maximum atomic E-state index is 13.1. The van der Waals surface area contributed by atoms with Gasteiger partial charge in [-0.3, -0.25) is 14.8 Å². The number of fused-ring (bicyclic) bond motifs is 1. The number of nitrogens with zero attached hydrogens (tertiary/aromatic N) is 3. The van der Waals surface area contributed by atoms with Crippen molar-refractivity contribution >= 4 is 16.9 Å². The average Bonchev–Trinajstić information content (AvgIpc) is 3.11. The van der Waals surface area contributed by atoms with E-state index in [1.165, 1.54) is 12.1 Å². The molecular formula is C19H16FN3O. The van der Waals surface area contributed by atoms with Crippen molar-refractivity contribution in [2.45, 2.75) is 12.3 Å². The Morgan fingerprint density at radius 2 is 1.79 bits per heavy atom. The lowest BCUT2D eigenvalue weighted by molar-refractivity contribution is 0.0791. The highest BCUT2D eigenvalue weighted by Crippen LogP contribution is 2.28. The van der Waals surface area contributed by atoms with E-state index < -0.39 is 0 Å². The number of carbonyl (C=O) groups is 1. The zero-order valence-electron chi connectivity index (χ0n) is 13.0. The zero-order valence-corrected chi connectivity index (χ0v) is 13.0. The molecule has 24 heavy (non-hydrogen) atoms. The van der Waals surface area contributed by atoms with E-state index in [1.807, 2.05) is 11.0 Å². The molecule has 1 aromatic heterocycles. The van der Waals surface area contributed by atoms with Crippen molar-refractivity contribution in [1.82, 2.24) is 14.9 Å². The number of hydrogen-bond donors (Lipinski definition) is 0. The van der Waals surface area contributed by atoms with Gasteiger partial charge >= 0.3 is 0 Å². The van der Waals surface area contributed by atoms with Gasteiger partial charge in [0.2, 0.25) is 0 Å². The van der Waals surface area contributed by atoms with E-state index in [0.29, 0.717) is 18.7 Å². The first kappa shape index (κ1) is 14.8. The molecule has 0 spiro atoms. The molecule has 1 atom stereocenters. The van der Waals surface area contributed by atoms with Crippen LogP contribution in [0.2, 0.25) is 0 Å². The largest absolute Gasteiger partial charge is 0.338 e. The van der Waals surface area contributed by atoms with Crippen LogP contribution in [-0.4, -0.2) is 33.9 Å². The fourth-order valence-corrected chi connectivity index (χ4v) is 3.23. The number of halogens is 1. The van der Waals surface area contributed by atoms with E-state index >= 15 is 0 Å². The number of aromatic nitrogens is 2. The highest BCUT2D eigenvalue weighted by molar-refractivity contribution is 5.97. The number of rotatable bonds is 2. The fraction of sp³-hybridized carbons (Fsp3) is 0.211. The second-order valence-electron chi connectivity index (χ2n) is 6.05. The van der Waals surface area contributed by atoms with Gasteiger partial charge in [0.05, 0.1) is 11.0 Å². The molecule has 4 rings (SSSR count). The van der Waals surface area contributed by atoms with Crippen LogP contribution in [0.15, 0.2) is 54.9 Å². The van der Waals surface area contributed by atoms with E-state index in [9.17, 15) is 9.18 Å². The van der Waals surface area contributed by atoms with Gasteiger partial charge in [0.1, 0.15) is 5.82 Å². The summed E-state index contributed by atoms with van der Waals surface area (Å²) >= 11 is 0. The van der Waals surface area contributed by atoms with E-state index in [-0.39, 0.29) is 17.6 Å². The van der Waals surface area contributed by atoms with Crippen molar-refractivity contribution in [2.75, 3.05) is 13.1 Å². The molecule has 3 aromatic rings. The second kappa shape index (κ2) is 6.00. The molecular weight excluding hydrogens is 305 g/mol. The lowest BCUT2D eigenvalue weighted by atomic mass is 9.98. The Morgan fingerprint density at radius 3 is 2.58 bits per heavy atom. The minimum Gasteiger partial charge on any atom is -0.338 e. The summed E-state index contributed by atoms with van der Waals surface area (Å²) in [6.07, 6.45) is 4.15. The molecule has 5 heteroatoms. The molecule has 1 fully saturated rings. The average molecular weight is 321 g/mol. The number of carbonyl (C=O) groups excluding carboxylic acids is 1. The Kier molecular flexibility index (Phi) is 3.69. The van der Waals surface area contributed by atoms with Gasteiger partial charge in [-0.2, -0.15) is 0 Å². The van der Waals surface area contributed by atoms with Crippen molar-refractivity contribution in [3.05, 3.63) is 71.8 Å². The smallest absolute Gasteiger partial charge is 0.253 e. The van der Waals surface area contributed by atoms with Crippen LogP contribution in [-0.2, 0) is 0 Å². The normalized spacial score (nSPS) is 17.4. The molecule has 1 aliphatic rings. The molecule has 2 heterocycles. The van der Waals surface area contributed by atoms with Crippen molar-refractivity contribution < 1.29 is 9.18 Å². The summed E-state index contributed by atoms with van der Waals surface area (Å²) in [5.74, 6) is 0.0314. The van der Waals surface area contributed by atoms with Crippen molar-refractivity contribution in [3.8, 4) is 0 Å². The first-order valence-corrected chi connectivity index (χ1v) is 7.96. The van der Waals surface area contributed by atoms with Gasteiger partial charge in [-0.15, -0.1) is 0 Å². The van der Waals surface area contributed by atoms with E-state index in [4.69, 9.17) is 0 Å². The molecule has 4 nitrogen and oxygen atoms in total. The summed E-state index contributed by atoms with van der Waals surface area (Å²) in [4.78, 5) is 23.1. The number of benzene rings is 2. The molecule has 0 radical (unpaired) electrons. The van der Waals surface area contributed by atoms with Gasteiger partial charge in [-0.05, 0) is 42.3 Å². The number of likely N-dealkylation sites (tertiary alicyclic amines) is 1. The first-order chi connectivity index (χ1) is 11.7. The van der Waals surface area contributed by atoms with Gasteiger partial charge < -0.3 is 4.90 Å². The lowest BCUT2D eigenvalue weighted by Gasteiger charge is -2.17. The van der Waals surface area contributed by atoms with E-state index in [1.54, 1.807) is 36.7 Å². The summed E-state index contributed by atoms with van der Waals surface area (Å²) in [6, 6.07) is 12.0. The summed E-state index contributed by atoms with van der Waals surface area (Å²) < 4.78 is 13.1.